The van der Waals surface area contributed by atoms with Gasteiger partial charge in [0.2, 0.25) is 0 Å². The summed E-state index contributed by atoms with van der Waals surface area (Å²) in [6.45, 7) is 30.2. The Labute approximate surface area is 491 Å². The molecule has 0 saturated heterocycles. The predicted molar refractivity (Wildman–Crippen MR) is 311 cm³/mol. The molecule has 0 amide bonds. The van der Waals surface area contributed by atoms with E-state index < -0.39 is 56.3 Å². The van der Waals surface area contributed by atoms with Crippen LogP contribution in [0.2, 0.25) is 0 Å². The number of nitrogens with zero attached hydrogens (tertiary/aromatic N) is 18. The molecular weight excluding hydrogens is 1040 g/mol. The Morgan fingerprint density at radius 2 is 0.659 bits per heavy atom. The molecule has 3 aliphatic rings. The standard InChI is InChI=1S/C14H20N4.C14H24N4.C12H16N4O4.C11H19N3.C9H17N3/c15-11-13(7-3-1-4-8-13)17-18-14(12-16)9-5-2-6-10-14;1-11(2)7-13(5,9-15)17-18-14(6,10-16)8-12(3)4;1-11(7-13,5-3-9(17)18)15-16-12(2,8-14)6-4-10(19)20;1-10(2,3)13-14-11(9-12)7-5-4-6-8-11;1-6-9(5,7-10)12-11-8(2,3)4/h1-10H2;11-12H,7-8H2,1-6H3;3-6H2,1-2H3,(H,17,18)(H,19,20);4-8H2,1-3H3;6H2,1-5H3/b2*18-17+;16-15+;14-13+;12-11+. The minimum absolute atomic E-state index is 0.0389. The van der Waals surface area contributed by atoms with Crippen molar-refractivity contribution in [3.63, 3.8) is 0 Å². The average molecular weight is 1130 g/mol. The first-order valence-corrected chi connectivity index (χ1v) is 28.8. The zero-order valence-corrected chi connectivity index (χ0v) is 52.5. The van der Waals surface area contributed by atoms with Gasteiger partial charge in [-0.15, -0.1) is 0 Å². The van der Waals surface area contributed by atoms with Gasteiger partial charge in [-0.1, -0.05) is 53.9 Å². The largest absolute Gasteiger partial charge is 0.481 e. The Morgan fingerprint density at radius 1 is 0.402 bits per heavy atom. The molecule has 3 aliphatic carbocycles. The third-order valence-corrected chi connectivity index (χ3v) is 13.3. The van der Waals surface area contributed by atoms with Crippen molar-refractivity contribution in [2.24, 2.45) is 63.0 Å². The Bertz CT molecular complexity index is 2390. The molecule has 5 unspecified atom stereocenters. The summed E-state index contributed by atoms with van der Waals surface area (Å²) in [6, 6.07) is 17.2. The summed E-state index contributed by atoms with van der Waals surface area (Å²) in [5.74, 6) is -1.38. The minimum Gasteiger partial charge on any atom is -0.481 e. The summed E-state index contributed by atoms with van der Waals surface area (Å²) in [5, 5.41) is 131. The van der Waals surface area contributed by atoms with Gasteiger partial charge < -0.3 is 10.2 Å². The highest BCUT2D eigenvalue weighted by Gasteiger charge is 2.38. The Balaban J connectivity index is 0. The van der Waals surface area contributed by atoms with Crippen LogP contribution in [0.1, 0.15) is 252 Å². The van der Waals surface area contributed by atoms with Gasteiger partial charge in [-0.2, -0.15) is 93.2 Å². The highest BCUT2D eigenvalue weighted by Crippen LogP contribution is 2.37. The van der Waals surface area contributed by atoms with Crippen molar-refractivity contribution < 1.29 is 19.8 Å². The van der Waals surface area contributed by atoms with Crippen LogP contribution in [0.4, 0.5) is 0 Å². The Kier molecular flexibility index (Phi) is 33.5. The molecule has 0 aromatic carbocycles. The van der Waals surface area contributed by atoms with Crippen LogP contribution in [-0.4, -0.2) is 77.5 Å². The molecule has 0 radical (unpaired) electrons. The van der Waals surface area contributed by atoms with E-state index in [1.165, 1.54) is 33.1 Å². The number of hydrogen-bond acceptors (Lipinski definition) is 20. The molecule has 0 spiro atoms. The first-order chi connectivity index (χ1) is 37.9. The van der Waals surface area contributed by atoms with E-state index >= 15 is 0 Å². The fraction of sp³-hybridized carbons (Fsp3) is 0.833. The molecule has 0 aromatic heterocycles. The molecule has 22 heteroatoms. The molecule has 0 aliphatic heterocycles. The van der Waals surface area contributed by atoms with Crippen LogP contribution in [0.15, 0.2) is 51.1 Å². The van der Waals surface area contributed by atoms with Crippen LogP contribution in [0.5, 0.6) is 0 Å². The maximum atomic E-state index is 10.5. The molecule has 2 N–H and O–H groups in total. The second-order valence-electron chi connectivity index (χ2n) is 25.7. The van der Waals surface area contributed by atoms with Crippen LogP contribution < -0.4 is 0 Å². The van der Waals surface area contributed by atoms with Crippen LogP contribution in [0.25, 0.3) is 0 Å². The van der Waals surface area contributed by atoms with Gasteiger partial charge in [0.25, 0.3) is 0 Å². The van der Waals surface area contributed by atoms with E-state index in [4.69, 9.17) is 31.3 Å². The van der Waals surface area contributed by atoms with Crippen molar-refractivity contribution in [3.8, 4) is 48.6 Å². The lowest BCUT2D eigenvalue weighted by Crippen LogP contribution is -2.31. The maximum absolute atomic E-state index is 10.5. The summed E-state index contributed by atoms with van der Waals surface area (Å²) in [4.78, 5) is 21.0. The van der Waals surface area contributed by atoms with Gasteiger partial charge in [0, 0.05) is 12.8 Å². The first kappa shape index (κ1) is 76.9. The summed E-state index contributed by atoms with van der Waals surface area (Å²) in [6.07, 6.45) is 16.4. The molecule has 5 atom stereocenters. The lowest BCUT2D eigenvalue weighted by atomic mass is 9.82. The lowest BCUT2D eigenvalue weighted by Gasteiger charge is -2.29. The molecular formula is C60H96N18O4. The zero-order chi connectivity index (χ0) is 63.6. The summed E-state index contributed by atoms with van der Waals surface area (Å²) in [5.41, 5.74) is -7.14. The first-order valence-electron chi connectivity index (χ1n) is 28.8. The number of azo groups is 5. The van der Waals surface area contributed by atoms with Gasteiger partial charge >= 0.3 is 11.9 Å². The number of hydrogen-bond donors (Lipinski definition) is 2. The van der Waals surface area contributed by atoms with E-state index in [9.17, 15) is 30.6 Å². The summed E-state index contributed by atoms with van der Waals surface area (Å²) >= 11 is 0. The Morgan fingerprint density at radius 3 is 0.878 bits per heavy atom. The SMILES string of the molecule is CC(C#N)(CCC(=O)O)/N=N/C(C)(C#N)CCC(=O)O.CC(C)(C)/N=N/C1(C#N)CCCCC1.CC(C)CC(C)(C#N)/N=N/C(C)(C#N)CC(C)C.CCC(C)(C#N)/N=N/C(C)(C)C.N#CC1(/N=N/C2(C#N)CCCCC2)CCCCC1. The number of carboxylic acid groups (broad SMARTS) is 2. The number of aliphatic carboxylic acids is 2. The average Bonchev–Trinajstić information content (AvgIpc) is 3.44. The van der Waals surface area contributed by atoms with Crippen molar-refractivity contribution in [3.05, 3.63) is 0 Å². The molecule has 0 bridgehead atoms. The van der Waals surface area contributed by atoms with Gasteiger partial charge in [0.15, 0.2) is 44.3 Å². The molecule has 0 heterocycles. The van der Waals surface area contributed by atoms with E-state index in [0.717, 1.165) is 77.0 Å². The number of rotatable bonds is 19. The third-order valence-electron chi connectivity index (χ3n) is 13.3. The molecule has 3 saturated carbocycles. The molecule has 0 aromatic rings. The van der Waals surface area contributed by atoms with Gasteiger partial charge in [0.05, 0.1) is 59.6 Å². The van der Waals surface area contributed by atoms with Gasteiger partial charge in [-0.25, -0.2) is 0 Å². The second-order valence-corrected chi connectivity index (χ2v) is 25.7. The van der Waals surface area contributed by atoms with E-state index in [1.807, 2.05) is 88.3 Å². The van der Waals surface area contributed by atoms with E-state index in [2.05, 4.69) is 87.6 Å². The second kappa shape index (κ2) is 35.7. The van der Waals surface area contributed by atoms with Gasteiger partial charge in [-0.3, -0.25) is 9.59 Å². The molecule has 450 valence electrons. The van der Waals surface area contributed by atoms with E-state index in [-0.39, 0.29) is 36.8 Å². The van der Waals surface area contributed by atoms with Crippen molar-refractivity contribution in [2.45, 2.75) is 307 Å². The maximum Gasteiger partial charge on any atom is 0.303 e. The smallest absolute Gasteiger partial charge is 0.303 e. The van der Waals surface area contributed by atoms with Crippen LogP contribution >= 0.6 is 0 Å². The molecule has 82 heavy (non-hydrogen) atoms. The highest BCUT2D eigenvalue weighted by atomic mass is 16.4. The zero-order valence-electron chi connectivity index (χ0n) is 52.5. The van der Waals surface area contributed by atoms with Gasteiger partial charge in [-0.05, 0) is 197 Å². The summed E-state index contributed by atoms with van der Waals surface area (Å²) < 4.78 is 0. The van der Waals surface area contributed by atoms with Crippen molar-refractivity contribution in [1.29, 1.82) is 42.1 Å². The van der Waals surface area contributed by atoms with Crippen LogP contribution in [0, 0.1) is 102 Å². The van der Waals surface area contributed by atoms with E-state index in [0.29, 0.717) is 31.1 Å². The summed E-state index contributed by atoms with van der Waals surface area (Å²) in [7, 11) is 0. The van der Waals surface area contributed by atoms with Crippen molar-refractivity contribution in [2.75, 3.05) is 0 Å². The molecule has 3 fully saturated rings. The minimum atomic E-state index is -1.35. The van der Waals surface area contributed by atoms with Crippen molar-refractivity contribution >= 4 is 11.9 Å². The topological polar surface area (TPSA) is 389 Å². The van der Waals surface area contributed by atoms with E-state index in [1.54, 1.807) is 20.8 Å². The normalized spacial score (nSPS) is 20.2. The van der Waals surface area contributed by atoms with Crippen LogP contribution in [-0.2, 0) is 9.59 Å². The fourth-order valence-corrected chi connectivity index (χ4v) is 8.19. The third kappa shape index (κ3) is 32.9. The number of carboxylic acids is 2. The van der Waals surface area contributed by atoms with Gasteiger partial charge in [0.1, 0.15) is 0 Å². The quantitative estimate of drug-likeness (QED) is 0.114. The molecule has 22 nitrogen and oxygen atoms in total. The highest BCUT2D eigenvalue weighted by molar-refractivity contribution is 5.67. The number of carbonyl (C=O) groups is 2. The Hall–Kier alpha value is -7.14. The van der Waals surface area contributed by atoms with Crippen molar-refractivity contribution in [1.82, 2.24) is 0 Å². The number of nitriles is 8. The fourth-order valence-electron chi connectivity index (χ4n) is 8.19. The lowest BCUT2D eigenvalue weighted by molar-refractivity contribution is -0.138. The monoisotopic (exact) mass is 1130 g/mol. The predicted octanol–water partition coefficient (Wildman–Crippen LogP) is 16.1. The molecule has 3 rings (SSSR count). The van der Waals surface area contributed by atoms with Crippen LogP contribution in [0.3, 0.4) is 0 Å².